The van der Waals surface area contributed by atoms with Crippen LogP contribution in [0.4, 0.5) is 30.7 Å². The predicted molar refractivity (Wildman–Crippen MR) is 109 cm³/mol. The number of halogens is 7. The van der Waals surface area contributed by atoms with Crippen molar-refractivity contribution >= 4 is 5.91 Å². The molecule has 0 unspecified atom stereocenters. The van der Waals surface area contributed by atoms with Crippen molar-refractivity contribution in [1.29, 1.82) is 0 Å². The first-order valence-corrected chi connectivity index (χ1v) is 9.82. The highest BCUT2D eigenvalue weighted by Gasteiger charge is 2.42. The highest BCUT2D eigenvalue weighted by molar-refractivity contribution is 5.95. The van der Waals surface area contributed by atoms with Gasteiger partial charge in [0.05, 0.1) is 23.0 Å². The molecular formula is C22H16F7N3O3. The number of hydrogen-bond acceptors (Lipinski definition) is 4. The van der Waals surface area contributed by atoms with E-state index >= 15 is 0 Å². The van der Waals surface area contributed by atoms with Gasteiger partial charge in [0.1, 0.15) is 11.4 Å². The van der Waals surface area contributed by atoms with Gasteiger partial charge in [-0.1, -0.05) is 18.2 Å². The second-order valence-electron chi connectivity index (χ2n) is 7.46. The smallest absolute Gasteiger partial charge is 0.382 e. The summed E-state index contributed by atoms with van der Waals surface area (Å²) in [5.41, 5.74) is -3.18. The van der Waals surface area contributed by atoms with Gasteiger partial charge in [0.2, 0.25) is 0 Å². The van der Waals surface area contributed by atoms with Crippen LogP contribution in [0, 0.1) is 5.82 Å². The van der Waals surface area contributed by atoms with E-state index in [-0.39, 0.29) is 16.9 Å². The van der Waals surface area contributed by atoms with Crippen molar-refractivity contribution in [3.8, 4) is 16.9 Å². The maximum atomic E-state index is 13.7. The van der Waals surface area contributed by atoms with Crippen LogP contribution < -0.4 is 10.9 Å². The number of aliphatic hydroxyl groups excluding tert-OH is 1. The molecule has 2 atom stereocenters. The summed E-state index contributed by atoms with van der Waals surface area (Å²) in [4.78, 5) is 25.6. The van der Waals surface area contributed by atoms with E-state index in [1.54, 1.807) is 0 Å². The Labute approximate surface area is 192 Å². The quantitative estimate of drug-likeness (QED) is 0.514. The van der Waals surface area contributed by atoms with E-state index in [1.807, 2.05) is 5.32 Å². The Bertz CT molecular complexity index is 1290. The minimum Gasteiger partial charge on any atom is -0.382 e. The molecule has 0 aliphatic rings. The van der Waals surface area contributed by atoms with Gasteiger partial charge in [-0.15, -0.1) is 0 Å². The Morgan fingerprint density at radius 2 is 1.66 bits per heavy atom. The molecule has 13 heteroatoms. The lowest BCUT2D eigenvalue weighted by Gasteiger charge is -2.22. The second-order valence-corrected chi connectivity index (χ2v) is 7.46. The van der Waals surface area contributed by atoms with E-state index < -0.39 is 52.9 Å². The average molecular weight is 503 g/mol. The van der Waals surface area contributed by atoms with Gasteiger partial charge in [-0.05, 0) is 43.3 Å². The molecule has 6 nitrogen and oxygen atoms in total. The van der Waals surface area contributed by atoms with Crippen LogP contribution in [-0.4, -0.2) is 39.1 Å². The van der Waals surface area contributed by atoms with E-state index in [0.717, 1.165) is 49.4 Å². The number of amides is 1. The molecule has 186 valence electrons. The third-order valence-electron chi connectivity index (χ3n) is 4.88. The molecule has 0 aliphatic carbocycles. The maximum absolute atomic E-state index is 13.7. The average Bonchev–Trinajstić information content (AvgIpc) is 2.77. The predicted octanol–water partition coefficient (Wildman–Crippen LogP) is 4.10. The Morgan fingerprint density at radius 3 is 2.20 bits per heavy atom. The SMILES string of the molecule is C[C@@H](NC(=O)c1cc(-c2ccc(C(F)(F)F)cc2)nn(-c2cccc(F)c2)c1=O)[C@H](O)C(F)(F)F. The summed E-state index contributed by atoms with van der Waals surface area (Å²) in [6.45, 7) is 0.860. The number of carbonyl (C=O) groups excluding carboxylic acids is 1. The van der Waals surface area contributed by atoms with E-state index in [2.05, 4.69) is 5.10 Å². The summed E-state index contributed by atoms with van der Waals surface area (Å²) in [5.74, 6) is -2.09. The van der Waals surface area contributed by atoms with Gasteiger partial charge in [-0.2, -0.15) is 36.1 Å². The Morgan fingerprint density at radius 1 is 1.03 bits per heavy atom. The van der Waals surface area contributed by atoms with Gasteiger partial charge in [0.25, 0.3) is 11.5 Å². The molecule has 35 heavy (non-hydrogen) atoms. The Hall–Kier alpha value is -3.74. The van der Waals surface area contributed by atoms with Gasteiger partial charge >= 0.3 is 12.4 Å². The van der Waals surface area contributed by atoms with Crippen molar-refractivity contribution in [3.05, 3.63) is 81.9 Å². The van der Waals surface area contributed by atoms with Gasteiger partial charge in [0, 0.05) is 5.56 Å². The largest absolute Gasteiger partial charge is 0.416 e. The maximum Gasteiger partial charge on any atom is 0.416 e. The number of alkyl halides is 6. The van der Waals surface area contributed by atoms with Crippen LogP contribution in [0.3, 0.4) is 0 Å². The van der Waals surface area contributed by atoms with Crippen molar-refractivity contribution in [1.82, 2.24) is 15.1 Å². The van der Waals surface area contributed by atoms with Crippen molar-refractivity contribution in [2.75, 3.05) is 0 Å². The van der Waals surface area contributed by atoms with Crippen LogP contribution in [0.25, 0.3) is 16.9 Å². The molecule has 3 rings (SSSR count). The van der Waals surface area contributed by atoms with Crippen LogP contribution in [0.2, 0.25) is 0 Å². The molecule has 0 aliphatic heterocycles. The first kappa shape index (κ1) is 25.9. The molecule has 0 radical (unpaired) electrons. The van der Waals surface area contributed by atoms with E-state index in [1.165, 1.54) is 12.1 Å². The molecule has 1 aromatic heterocycles. The molecule has 2 N–H and O–H groups in total. The number of benzene rings is 2. The number of nitrogens with one attached hydrogen (secondary N) is 1. The molecule has 2 aromatic carbocycles. The molecular weight excluding hydrogens is 487 g/mol. The normalized spacial score (nSPS) is 13.9. The van der Waals surface area contributed by atoms with Crippen molar-refractivity contribution in [2.45, 2.75) is 31.4 Å². The first-order valence-electron chi connectivity index (χ1n) is 9.82. The standard InChI is InChI=1S/C22H16F7N3O3/c1-11(18(33)22(27,28)29)30-19(34)16-10-17(12-5-7-13(8-6-12)21(24,25)26)31-32(20(16)35)15-4-2-3-14(23)9-15/h2-11,18,33H,1H3,(H,30,34)/t11-,18+/m1/s1. The zero-order valence-corrected chi connectivity index (χ0v) is 17.7. The van der Waals surface area contributed by atoms with Crippen LogP contribution >= 0.6 is 0 Å². The molecule has 0 bridgehead atoms. The lowest BCUT2D eigenvalue weighted by molar-refractivity contribution is -0.209. The summed E-state index contributed by atoms with van der Waals surface area (Å²) in [5, 5.41) is 15.2. The molecule has 0 saturated heterocycles. The van der Waals surface area contributed by atoms with Crippen molar-refractivity contribution in [3.63, 3.8) is 0 Å². The summed E-state index contributed by atoms with van der Waals surface area (Å²) >= 11 is 0. The van der Waals surface area contributed by atoms with Gasteiger partial charge in [-0.3, -0.25) is 9.59 Å². The fourth-order valence-electron chi connectivity index (χ4n) is 3.06. The number of aliphatic hydroxyl groups is 1. The fourth-order valence-corrected chi connectivity index (χ4v) is 3.06. The number of aromatic nitrogens is 2. The van der Waals surface area contributed by atoms with E-state index in [0.29, 0.717) is 4.68 Å². The first-order chi connectivity index (χ1) is 16.2. The second kappa shape index (κ2) is 9.49. The zero-order chi connectivity index (χ0) is 26.1. The van der Waals surface area contributed by atoms with Crippen LogP contribution in [0.5, 0.6) is 0 Å². The number of hydrogen-bond donors (Lipinski definition) is 2. The Kier molecular flexibility index (Phi) is 7.01. The summed E-state index contributed by atoms with van der Waals surface area (Å²) in [7, 11) is 0. The van der Waals surface area contributed by atoms with E-state index in [9.17, 15) is 45.4 Å². The molecule has 0 saturated carbocycles. The molecule has 0 fully saturated rings. The highest BCUT2D eigenvalue weighted by atomic mass is 19.4. The summed E-state index contributed by atoms with van der Waals surface area (Å²) in [6, 6.07) is 6.95. The lowest BCUT2D eigenvalue weighted by Crippen LogP contribution is -2.49. The molecule has 1 amide bonds. The summed E-state index contributed by atoms with van der Waals surface area (Å²) in [6.07, 6.45) is -12.6. The van der Waals surface area contributed by atoms with Crippen molar-refractivity contribution in [2.24, 2.45) is 0 Å². The minimum atomic E-state index is -5.06. The lowest BCUT2D eigenvalue weighted by atomic mass is 10.1. The minimum absolute atomic E-state index is 0.0283. The van der Waals surface area contributed by atoms with Crippen LogP contribution in [-0.2, 0) is 6.18 Å². The molecule has 0 spiro atoms. The third kappa shape index (κ3) is 5.85. The van der Waals surface area contributed by atoms with E-state index in [4.69, 9.17) is 0 Å². The Balaban J connectivity index is 2.12. The van der Waals surface area contributed by atoms with Crippen LogP contribution in [0.15, 0.2) is 59.4 Å². The monoisotopic (exact) mass is 503 g/mol. The fraction of sp³-hybridized carbons (Fsp3) is 0.227. The van der Waals surface area contributed by atoms with Gasteiger partial charge in [-0.25, -0.2) is 4.39 Å². The number of carbonyl (C=O) groups is 1. The number of rotatable bonds is 5. The van der Waals surface area contributed by atoms with Gasteiger partial charge < -0.3 is 10.4 Å². The molecule has 3 aromatic rings. The van der Waals surface area contributed by atoms with Crippen LogP contribution in [0.1, 0.15) is 22.8 Å². The zero-order valence-electron chi connectivity index (χ0n) is 17.7. The number of nitrogens with zero attached hydrogens (tertiary/aromatic N) is 2. The van der Waals surface area contributed by atoms with Gasteiger partial charge in [0.15, 0.2) is 6.10 Å². The third-order valence-corrected chi connectivity index (χ3v) is 4.88. The summed E-state index contributed by atoms with van der Waals surface area (Å²) < 4.78 is 91.3. The topological polar surface area (TPSA) is 84.2 Å². The highest BCUT2D eigenvalue weighted by Crippen LogP contribution is 2.30. The molecule has 1 heterocycles. The van der Waals surface area contributed by atoms with Crippen molar-refractivity contribution < 1.29 is 40.6 Å².